The van der Waals surface area contributed by atoms with E-state index in [9.17, 15) is 4.39 Å². The molecule has 1 nitrogen and oxygen atoms in total. The molecule has 0 aliphatic heterocycles. The highest BCUT2D eigenvalue weighted by Gasteiger charge is 2.02. The average Bonchev–Trinajstić information content (AvgIpc) is 2.26. The van der Waals surface area contributed by atoms with Gasteiger partial charge in [-0.15, -0.1) is 0 Å². The maximum Gasteiger partial charge on any atom is 0.140 e. The zero-order chi connectivity index (χ0) is 11.1. The molecule has 0 aliphatic rings. The summed E-state index contributed by atoms with van der Waals surface area (Å²) in [5.41, 5.74) is 1.21. The van der Waals surface area contributed by atoms with E-state index in [0.717, 1.165) is 18.4 Å². The van der Waals surface area contributed by atoms with E-state index in [1.165, 1.54) is 25.3 Å². The number of aryl methyl sites for hydroxylation is 1. The third-order valence-corrected chi connectivity index (χ3v) is 2.47. The molecule has 0 saturated carbocycles. The summed E-state index contributed by atoms with van der Waals surface area (Å²) in [6.07, 6.45) is 5.72. The SMILES string of the molecule is CCCCCCc1ccc(F)c(C#N)c1. The van der Waals surface area contributed by atoms with E-state index in [4.69, 9.17) is 5.26 Å². The van der Waals surface area contributed by atoms with Crippen LogP contribution in [-0.4, -0.2) is 0 Å². The number of benzene rings is 1. The number of rotatable bonds is 5. The molecule has 0 heterocycles. The van der Waals surface area contributed by atoms with Gasteiger partial charge in [0.15, 0.2) is 0 Å². The minimum atomic E-state index is -0.421. The average molecular weight is 205 g/mol. The molecule has 0 spiro atoms. The van der Waals surface area contributed by atoms with Crippen LogP contribution in [0.5, 0.6) is 0 Å². The van der Waals surface area contributed by atoms with Gasteiger partial charge >= 0.3 is 0 Å². The van der Waals surface area contributed by atoms with Gasteiger partial charge in [0.25, 0.3) is 0 Å². The summed E-state index contributed by atoms with van der Waals surface area (Å²) in [7, 11) is 0. The second-order valence-electron chi connectivity index (χ2n) is 3.74. The molecule has 1 rings (SSSR count). The fourth-order valence-electron chi connectivity index (χ4n) is 1.57. The molecule has 80 valence electrons. The number of nitrogens with zero attached hydrogens (tertiary/aromatic N) is 1. The molecule has 0 saturated heterocycles. The number of hydrogen-bond donors (Lipinski definition) is 0. The van der Waals surface area contributed by atoms with E-state index in [1.54, 1.807) is 12.1 Å². The van der Waals surface area contributed by atoms with Crippen LogP contribution in [0.15, 0.2) is 18.2 Å². The van der Waals surface area contributed by atoms with Crippen LogP contribution < -0.4 is 0 Å². The quantitative estimate of drug-likeness (QED) is 0.670. The minimum absolute atomic E-state index is 0.156. The Kier molecular flexibility index (Phi) is 4.83. The predicted octanol–water partition coefficient (Wildman–Crippen LogP) is 3.82. The Morgan fingerprint density at radius 3 is 2.73 bits per heavy atom. The van der Waals surface area contributed by atoms with Gasteiger partial charge in [0.1, 0.15) is 11.9 Å². The van der Waals surface area contributed by atoms with Gasteiger partial charge in [-0.1, -0.05) is 32.3 Å². The molecule has 0 radical (unpaired) electrons. The first kappa shape index (κ1) is 11.7. The van der Waals surface area contributed by atoms with Gasteiger partial charge in [-0.2, -0.15) is 5.26 Å². The maximum atomic E-state index is 13.0. The van der Waals surface area contributed by atoms with Crippen LogP contribution in [0.4, 0.5) is 4.39 Å². The van der Waals surface area contributed by atoms with Gasteiger partial charge in [-0.25, -0.2) is 4.39 Å². The van der Waals surface area contributed by atoms with Crippen LogP contribution in [0.3, 0.4) is 0 Å². The summed E-state index contributed by atoms with van der Waals surface area (Å²) < 4.78 is 13.0. The Hall–Kier alpha value is -1.36. The Morgan fingerprint density at radius 1 is 1.27 bits per heavy atom. The zero-order valence-corrected chi connectivity index (χ0v) is 9.09. The lowest BCUT2D eigenvalue weighted by molar-refractivity contribution is 0.621. The van der Waals surface area contributed by atoms with Crippen LogP contribution in [0.2, 0.25) is 0 Å². The lowest BCUT2D eigenvalue weighted by Gasteiger charge is -2.02. The molecular weight excluding hydrogens is 189 g/mol. The highest BCUT2D eigenvalue weighted by molar-refractivity contribution is 5.34. The maximum absolute atomic E-state index is 13.0. The fourth-order valence-corrected chi connectivity index (χ4v) is 1.57. The van der Waals surface area contributed by atoms with E-state index >= 15 is 0 Å². The molecule has 0 amide bonds. The summed E-state index contributed by atoms with van der Waals surface area (Å²) >= 11 is 0. The van der Waals surface area contributed by atoms with Crippen molar-refractivity contribution >= 4 is 0 Å². The molecular formula is C13H16FN. The first-order valence-corrected chi connectivity index (χ1v) is 5.46. The van der Waals surface area contributed by atoms with E-state index in [0.29, 0.717) is 0 Å². The summed E-state index contributed by atoms with van der Waals surface area (Å²) in [4.78, 5) is 0. The largest absolute Gasteiger partial charge is 0.206 e. The van der Waals surface area contributed by atoms with Crippen molar-refractivity contribution in [3.63, 3.8) is 0 Å². The first-order valence-electron chi connectivity index (χ1n) is 5.46. The highest BCUT2D eigenvalue weighted by Crippen LogP contribution is 2.12. The van der Waals surface area contributed by atoms with Crippen molar-refractivity contribution in [3.8, 4) is 6.07 Å². The Bertz CT molecular complexity index is 352. The molecule has 0 atom stereocenters. The Labute approximate surface area is 90.5 Å². The number of nitriles is 1. The van der Waals surface area contributed by atoms with Crippen molar-refractivity contribution in [3.05, 3.63) is 35.1 Å². The zero-order valence-electron chi connectivity index (χ0n) is 9.09. The van der Waals surface area contributed by atoms with Crippen LogP contribution in [0, 0.1) is 17.1 Å². The van der Waals surface area contributed by atoms with Gasteiger partial charge in [-0.05, 0) is 30.5 Å². The fraction of sp³-hybridized carbons (Fsp3) is 0.462. The lowest BCUT2D eigenvalue weighted by atomic mass is 10.0. The van der Waals surface area contributed by atoms with E-state index in [-0.39, 0.29) is 5.56 Å². The first-order chi connectivity index (χ1) is 7.27. The van der Waals surface area contributed by atoms with Crippen molar-refractivity contribution in [2.75, 3.05) is 0 Å². The summed E-state index contributed by atoms with van der Waals surface area (Å²) in [6.45, 7) is 2.17. The smallest absolute Gasteiger partial charge is 0.140 e. The Balaban J connectivity index is 2.52. The van der Waals surface area contributed by atoms with Gasteiger partial charge in [0.2, 0.25) is 0 Å². The van der Waals surface area contributed by atoms with Crippen LogP contribution in [0.25, 0.3) is 0 Å². The topological polar surface area (TPSA) is 23.8 Å². The molecule has 0 aliphatic carbocycles. The second kappa shape index (κ2) is 6.19. The van der Waals surface area contributed by atoms with Crippen LogP contribution in [-0.2, 0) is 6.42 Å². The molecule has 15 heavy (non-hydrogen) atoms. The highest BCUT2D eigenvalue weighted by atomic mass is 19.1. The second-order valence-corrected chi connectivity index (χ2v) is 3.74. The van der Waals surface area contributed by atoms with E-state index < -0.39 is 5.82 Å². The van der Waals surface area contributed by atoms with Gasteiger partial charge in [0.05, 0.1) is 5.56 Å². The number of hydrogen-bond acceptors (Lipinski definition) is 1. The molecule has 2 heteroatoms. The van der Waals surface area contributed by atoms with Gasteiger partial charge in [-0.3, -0.25) is 0 Å². The number of halogens is 1. The van der Waals surface area contributed by atoms with Crippen molar-refractivity contribution in [2.24, 2.45) is 0 Å². The molecule has 0 unspecified atom stereocenters. The third kappa shape index (κ3) is 3.71. The van der Waals surface area contributed by atoms with Gasteiger partial charge in [0, 0.05) is 0 Å². The molecule has 0 fully saturated rings. The van der Waals surface area contributed by atoms with Crippen LogP contribution in [0.1, 0.15) is 43.7 Å². The monoisotopic (exact) mass is 205 g/mol. The molecule has 1 aromatic rings. The number of unbranched alkanes of at least 4 members (excludes halogenated alkanes) is 3. The summed E-state index contributed by atoms with van der Waals surface area (Å²) in [5, 5.41) is 8.66. The minimum Gasteiger partial charge on any atom is -0.206 e. The summed E-state index contributed by atoms with van der Waals surface area (Å²) in [6, 6.07) is 6.66. The van der Waals surface area contributed by atoms with Gasteiger partial charge < -0.3 is 0 Å². The van der Waals surface area contributed by atoms with Crippen molar-refractivity contribution in [1.82, 2.24) is 0 Å². The van der Waals surface area contributed by atoms with Crippen molar-refractivity contribution in [2.45, 2.75) is 39.0 Å². The molecule has 1 aromatic carbocycles. The van der Waals surface area contributed by atoms with Crippen molar-refractivity contribution < 1.29 is 4.39 Å². The predicted molar refractivity (Wildman–Crippen MR) is 59.0 cm³/mol. The van der Waals surface area contributed by atoms with Crippen LogP contribution >= 0.6 is 0 Å². The normalized spacial score (nSPS) is 9.93. The van der Waals surface area contributed by atoms with E-state index in [2.05, 4.69) is 6.92 Å². The van der Waals surface area contributed by atoms with E-state index in [1.807, 2.05) is 6.07 Å². The standard InChI is InChI=1S/C13H16FN/c1-2-3-4-5-6-11-7-8-13(14)12(9-11)10-15/h7-9H,2-6H2,1H3. The van der Waals surface area contributed by atoms with Crippen molar-refractivity contribution in [1.29, 1.82) is 5.26 Å². The summed E-state index contributed by atoms with van der Waals surface area (Å²) in [5.74, 6) is -0.421. The molecule has 0 N–H and O–H groups in total. The third-order valence-electron chi connectivity index (χ3n) is 2.47. The Morgan fingerprint density at radius 2 is 2.07 bits per heavy atom. The molecule has 0 aromatic heterocycles. The lowest BCUT2D eigenvalue weighted by Crippen LogP contribution is -1.90. The molecule has 0 bridgehead atoms.